The van der Waals surface area contributed by atoms with Crippen LogP contribution in [-0.4, -0.2) is 23.5 Å². The second kappa shape index (κ2) is 6.96. The zero-order chi connectivity index (χ0) is 11.1. The number of pyridine rings is 1. The first-order valence-corrected chi connectivity index (χ1v) is 6.86. The molecule has 1 rings (SSSR count). The molecule has 15 heavy (non-hydrogen) atoms. The van der Waals surface area contributed by atoms with Crippen LogP contribution >= 0.6 is 23.4 Å². The van der Waals surface area contributed by atoms with Gasteiger partial charge in [0.05, 0.1) is 11.9 Å². The van der Waals surface area contributed by atoms with Gasteiger partial charge in [-0.1, -0.05) is 11.6 Å². The highest BCUT2D eigenvalue weighted by Gasteiger charge is 1.97. The Bertz CT molecular complexity index is 305. The number of hydrogen-bond acceptors (Lipinski definition) is 3. The first kappa shape index (κ1) is 12.7. The molecule has 0 fully saturated rings. The minimum absolute atomic E-state index is 0.586. The van der Waals surface area contributed by atoms with Crippen molar-refractivity contribution in [3.8, 4) is 0 Å². The fourth-order valence-electron chi connectivity index (χ4n) is 1.26. The third-order valence-electron chi connectivity index (χ3n) is 2.12. The molecule has 0 aliphatic heterocycles. The van der Waals surface area contributed by atoms with Gasteiger partial charge in [-0.05, 0) is 43.4 Å². The molecular weight excluding hydrogens is 228 g/mol. The smallest absolute Gasteiger partial charge is 0.132 e. The molecule has 0 bridgehead atoms. The summed E-state index contributed by atoms with van der Waals surface area (Å²) < 4.78 is 0. The summed E-state index contributed by atoms with van der Waals surface area (Å²) in [7, 11) is 0. The fraction of sp³-hybridized carbons (Fsp3) is 0.545. The number of aromatic nitrogens is 1. The van der Waals surface area contributed by atoms with Gasteiger partial charge in [-0.25, -0.2) is 4.98 Å². The third kappa shape index (κ3) is 4.76. The van der Waals surface area contributed by atoms with Crippen LogP contribution < -0.4 is 5.32 Å². The van der Waals surface area contributed by atoms with Gasteiger partial charge in [-0.3, -0.25) is 0 Å². The van der Waals surface area contributed by atoms with Gasteiger partial charge in [0.25, 0.3) is 0 Å². The van der Waals surface area contributed by atoms with E-state index in [1.54, 1.807) is 6.20 Å². The van der Waals surface area contributed by atoms with Crippen LogP contribution in [0.3, 0.4) is 0 Å². The Morgan fingerprint density at radius 2 is 2.27 bits per heavy atom. The molecule has 4 heteroatoms. The summed E-state index contributed by atoms with van der Waals surface area (Å²) in [4.78, 5) is 4.09. The Kier molecular flexibility index (Phi) is 5.88. The molecule has 1 aromatic heterocycles. The van der Waals surface area contributed by atoms with Crippen molar-refractivity contribution in [2.45, 2.75) is 19.8 Å². The Labute approximate surface area is 101 Å². The van der Waals surface area contributed by atoms with E-state index in [0.717, 1.165) is 17.8 Å². The molecule has 0 atom stereocenters. The molecule has 1 heterocycles. The number of anilines is 1. The average molecular weight is 245 g/mol. The molecule has 0 amide bonds. The topological polar surface area (TPSA) is 24.9 Å². The van der Waals surface area contributed by atoms with Gasteiger partial charge in [-0.15, -0.1) is 0 Å². The van der Waals surface area contributed by atoms with E-state index < -0.39 is 0 Å². The highest BCUT2D eigenvalue weighted by atomic mass is 35.5. The maximum Gasteiger partial charge on any atom is 0.132 e. The highest BCUT2D eigenvalue weighted by Crippen LogP contribution is 2.15. The quantitative estimate of drug-likeness (QED) is 0.612. The third-order valence-corrected chi connectivity index (χ3v) is 3.21. The first-order chi connectivity index (χ1) is 7.24. The molecule has 0 spiro atoms. The molecule has 84 valence electrons. The summed E-state index contributed by atoms with van der Waals surface area (Å²) in [5.74, 6) is 1.24. The SMILES string of the molecule is CSCCCCNc1cnc(Cl)c(C)c1. The van der Waals surface area contributed by atoms with E-state index >= 15 is 0 Å². The van der Waals surface area contributed by atoms with Crippen LogP contribution in [0.2, 0.25) is 5.15 Å². The first-order valence-electron chi connectivity index (χ1n) is 5.09. The lowest BCUT2D eigenvalue weighted by Gasteiger charge is -2.06. The van der Waals surface area contributed by atoms with E-state index in [1.165, 1.54) is 18.6 Å². The summed E-state index contributed by atoms with van der Waals surface area (Å²) in [6.45, 7) is 2.97. The number of unbranched alkanes of at least 4 members (excludes halogenated alkanes) is 1. The van der Waals surface area contributed by atoms with Crippen LogP contribution in [0.4, 0.5) is 5.69 Å². The molecule has 2 nitrogen and oxygen atoms in total. The molecular formula is C11H17ClN2S. The van der Waals surface area contributed by atoms with E-state index in [0.29, 0.717) is 5.15 Å². The van der Waals surface area contributed by atoms with Crippen LogP contribution in [-0.2, 0) is 0 Å². The largest absolute Gasteiger partial charge is 0.384 e. The molecule has 0 aliphatic carbocycles. The predicted octanol–water partition coefficient (Wildman–Crippen LogP) is 3.60. The van der Waals surface area contributed by atoms with E-state index in [-0.39, 0.29) is 0 Å². The molecule has 0 aromatic carbocycles. The maximum absolute atomic E-state index is 5.84. The van der Waals surface area contributed by atoms with Gasteiger partial charge >= 0.3 is 0 Å². The second-order valence-corrected chi connectivity index (χ2v) is 4.80. The number of nitrogens with one attached hydrogen (secondary N) is 1. The van der Waals surface area contributed by atoms with Crippen LogP contribution in [0.1, 0.15) is 18.4 Å². The van der Waals surface area contributed by atoms with Crippen molar-refractivity contribution in [2.24, 2.45) is 0 Å². The van der Waals surface area contributed by atoms with Crippen molar-refractivity contribution in [1.29, 1.82) is 0 Å². The second-order valence-electron chi connectivity index (χ2n) is 3.46. The summed E-state index contributed by atoms with van der Waals surface area (Å²) in [6.07, 6.45) is 6.38. The molecule has 1 N–H and O–H groups in total. The van der Waals surface area contributed by atoms with Gasteiger partial charge in [0.15, 0.2) is 0 Å². The van der Waals surface area contributed by atoms with Crippen molar-refractivity contribution in [1.82, 2.24) is 4.98 Å². The van der Waals surface area contributed by atoms with Crippen molar-refractivity contribution in [3.63, 3.8) is 0 Å². The van der Waals surface area contributed by atoms with E-state index in [4.69, 9.17) is 11.6 Å². The highest BCUT2D eigenvalue weighted by molar-refractivity contribution is 7.98. The summed E-state index contributed by atoms with van der Waals surface area (Å²) in [5.41, 5.74) is 2.08. The number of hydrogen-bond donors (Lipinski definition) is 1. The van der Waals surface area contributed by atoms with Crippen LogP contribution in [0.15, 0.2) is 12.3 Å². The lowest BCUT2D eigenvalue weighted by molar-refractivity contribution is 0.842. The average Bonchev–Trinajstić information content (AvgIpc) is 2.23. The lowest BCUT2D eigenvalue weighted by Crippen LogP contribution is -2.02. The van der Waals surface area contributed by atoms with Gasteiger partial charge in [0, 0.05) is 6.54 Å². The van der Waals surface area contributed by atoms with Crippen molar-refractivity contribution < 1.29 is 0 Å². The minimum Gasteiger partial charge on any atom is -0.384 e. The number of aryl methyl sites for hydroxylation is 1. The van der Waals surface area contributed by atoms with Gasteiger partial charge in [-0.2, -0.15) is 11.8 Å². The van der Waals surface area contributed by atoms with Crippen LogP contribution in [0.5, 0.6) is 0 Å². The van der Waals surface area contributed by atoms with Gasteiger partial charge < -0.3 is 5.32 Å². The van der Waals surface area contributed by atoms with Crippen molar-refractivity contribution >= 4 is 29.1 Å². The predicted molar refractivity (Wildman–Crippen MR) is 70.1 cm³/mol. The number of rotatable bonds is 6. The van der Waals surface area contributed by atoms with Crippen molar-refractivity contribution in [2.75, 3.05) is 23.9 Å². The Hall–Kier alpha value is -0.410. The van der Waals surface area contributed by atoms with Gasteiger partial charge in [0.2, 0.25) is 0 Å². The van der Waals surface area contributed by atoms with Crippen LogP contribution in [0.25, 0.3) is 0 Å². The Morgan fingerprint density at radius 1 is 1.47 bits per heavy atom. The lowest BCUT2D eigenvalue weighted by atomic mass is 10.3. The van der Waals surface area contributed by atoms with E-state index in [1.807, 2.05) is 24.8 Å². The number of halogens is 1. The fourth-order valence-corrected chi connectivity index (χ4v) is 1.86. The molecule has 0 unspecified atom stereocenters. The number of nitrogens with zero attached hydrogens (tertiary/aromatic N) is 1. The number of thioether (sulfide) groups is 1. The molecule has 0 radical (unpaired) electrons. The summed E-state index contributed by atoms with van der Waals surface area (Å²) in [6, 6.07) is 2.03. The monoisotopic (exact) mass is 244 g/mol. The van der Waals surface area contributed by atoms with Crippen molar-refractivity contribution in [3.05, 3.63) is 23.0 Å². The Morgan fingerprint density at radius 3 is 2.93 bits per heavy atom. The Balaban J connectivity index is 2.28. The molecule has 0 saturated carbocycles. The molecule has 1 aromatic rings. The molecule has 0 aliphatic rings. The minimum atomic E-state index is 0.586. The normalized spacial score (nSPS) is 10.3. The standard InChI is InChI=1S/C11H17ClN2S/c1-9-7-10(8-14-11(9)12)13-5-3-4-6-15-2/h7-8,13H,3-6H2,1-2H3. The maximum atomic E-state index is 5.84. The summed E-state index contributed by atoms with van der Waals surface area (Å²) >= 11 is 7.74. The summed E-state index contributed by atoms with van der Waals surface area (Å²) in [5, 5.41) is 3.93. The van der Waals surface area contributed by atoms with Crippen LogP contribution in [0, 0.1) is 6.92 Å². The molecule has 0 saturated heterocycles. The van der Waals surface area contributed by atoms with E-state index in [9.17, 15) is 0 Å². The van der Waals surface area contributed by atoms with Gasteiger partial charge in [0.1, 0.15) is 5.15 Å². The zero-order valence-corrected chi connectivity index (χ0v) is 10.8. The van der Waals surface area contributed by atoms with E-state index in [2.05, 4.69) is 16.6 Å². The zero-order valence-electron chi connectivity index (χ0n) is 9.22.